The van der Waals surface area contributed by atoms with E-state index < -0.39 is 0 Å². The summed E-state index contributed by atoms with van der Waals surface area (Å²) in [6.45, 7) is 2.65. The monoisotopic (exact) mass is 233 g/mol. The van der Waals surface area contributed by atoms with Crippen molar-refractivity contribution in [2.75, 3.05) is 7.11 Å². The average molecular weight is 233 g/mol. The molecule has 1 aromatic carbocycles. The maximum absolute atomic E-state index is 5.67. The van der Waals surface area contributed by atoms with Crippen molar-refractivity contribution in [3.8, 4) is 16.2 Å². The summed E-state index contributed by atoms with van der Waals surface area (Å²) in [6, 6.07) is 10.4. The topological polar surface area (TPSA) is 35.2 Å². The first kappa shape index (κ1) is 11.2. The minimum absolute atomic E-state index is 0.536. The minimum Gasteiger partial charge on any atom is -0.497 e. The standard InChI is InChI=1S/C13H15NOS/c1-9-3-4-13(16-9)11-5-10(8-14)6-12(7-11)15-2/h3-7H,8,14H2,1-2H3. The van der Waals surface area contributed by atoms with Gasteiger partial charge in [0.2, 0.25) is 0 Å². The highest BCUT2D eigenvalue weighted by atomic mass is 32.1. The van der Waals surface area contributed by atoms with Gasteiger partial charge in [0, 0.05) is 16.3 Å². The van der Waals surface area contributed by atoms with Crippen LogP contribution in [0.15, 0.2) is 30.3 Å². The van der Waals surface area contributed by atoms with Gasteiger partial charge in [-0.1, -0.05) is 0 Å². The Kier molecular flexibility index (Phi) is 3.27. The van der Waals surface area contributed by atoms with Crippen LogP contribution in [0.2, 0.25) is 0 Å². The molecule has 84 valence electrons. The highest BCUT2D eigenvalue weighted by Crippen LogP contribution is 2.31. The maximum Gasteiger partial charge on any atom is 0.119 e. The highest BCUT2D eigenvalue weighted by Gasteiger charge is 2.04. The smallest absolute Gasteiger partial charge is 0.119 e. The van der Waals surface area contributed by atoms with Crippen LogP contribution < -0.4 is 10.5 Å². The van der Waals surface area contributed by atoms with Crippen LogP contribution in [0.5, 0.6) is 5.75 Å². The van der Waals surface area contributed by atoms with Crippen LogP contribution in [-0.4, -0.2) is 7.11 Å². The van der Waals surface area contributed by atoms with Gasteiger partial charge in [-0.3, -0.25) is 0 Å². The fraction of sp³-hybridized carbons (Fsp3) is 0.231. The number of benzene rings is 1. The van der Waals surface area contributed by atoms with Gasteiger partial charge in [-0.25, -0.2) is 0 Å². The largest absolute Gasteiger partial charge is 0.497 e. The van der Waals surface area contributed by atoms with E-state index in [4.69, 9.17) is 10.5 Å². The van der Waals surface area contributed by atoms with Crippen LogP contribution in [0.3, 0.4) is 0 Å². The molecule has 0 unspecified atom stereocenters. The van der Waals surface area contributed by atoms with E-state index in [9.17, 15) is 0 Å². The first-order chi connectivity index (χ1) is 7.72. The molecule has 2 nitrogen and oxygen atoms in total. The maximum atomic E-state index is 5.67. The second-order valence-corrected chi connectivity index (χ2v) is 4.97. The van der Waals surface area contributed by atoms with E-state index in [0.29, 0.717) is 6.54 Å². The zero-order chi connectivity index (χ0) is 11.5. The molecule has 0 bridgehead atoms. The zero-order valence-corrected chi connectivity index (χ0v) is 10.3. The van der Waals surface area contributed by atoms with Gasteiger partial charge in [0.1, 0.15) is 5.75 Å². The molecule has 3 heteroatoms. The number of rotatable bonds is 3. The number of hydrogen-bond acceptors (Lipinski definition) is 3. The molecule has 1 aromatic heterocycles. The van der Waals surface area contributed by atoms with Gasteiger partial charge in [-0.2, -0.15) is 0 Å². The molecule has 0 fully saturated rings. The Morgan fingerprint density at radius 2 is 2.06 bits per heavy atom. The Balaban J connectivity index is 2.47. The van der Waals surface area contributed by atoms with E-state index in [-0.39, 0.29) is 0 Å². The van der Waals surface area contributed by atoms with Crippen LogP contribution >= 0.6 is 11.3 Å². The van der Waals surface area contributed by atoms with E-state index in [1.165, 1.54) is 15.3 Å². The van der Waals surface area contributed by atoms with Gasteiger partial charge in [0.05, 0.1) is 7.11 Å². The van der Waals surface area contributed by atoms with Crippen molar-refractivity contribution in [2.45, 2.75) is 13.5 Å². The lowest BCUT2D eigenvalue weighted by Gasteiger charge is -2.06. The van der Waals surface area contributed by atoms with Crippen LogP contribution in [0.25, 0.3) is 10.4 Å². The normalized spacial score (nSPS) is 10.4. The fourth-order valence-electron chi connectivity index (χ4n) is 1.63. The second kappa shape index (κ2) is 4.68. The summed E-state index contributed by atoms with van der Waals surface area (Å²) < 4.78 is 5.27. The van der Waals surface area contributed by atoms with Gasteiger partial charge < -0.3 is 10.5 Å². The highest BCUT2D eigenvalue weighted by molar-refractivity contribution is 7.15. The number of thiophene rings is 1. The average Bonchev–Trinajstić information content (AvgIpc) is 2.75. The van der Waals surface area contributed by atoms with Crippen molar-refractivity contribution in [3.05, 3.63) is 40.8 Å². The summed E-state index contributed by atoms with van der Waals surface area (Å²) in [4.78, 5) is 2.57. The number of hydrogen-bond donors (Lipinski definition) is 1. The molecular formula is C13H15NOS. The molecule has 0 amide bonds. The Hall–Kier alpha value is -1.32. The van der Waals surface area contributed by atoms with Gasteiger partial charge in [0.15, 0.2) is 0 Å². The third kappa shape index (κ3) is 2.26. The van der Waals surface area contributed by atoms with Crippen LogP contribution in [0.4, 0.5) is 0 Å². The third-order valence-corrected chi connectivity index (χ3v) is 3.51. The third-order valence-electron chi connectivity index (χ3n) is 2.46. The number of aryl methyl sites for hydroxylation is 1. The van der Waals surface area contributed by atoms with E-state index in [0.717, 1.165) is 11.3 Å². The summed E-state index contributed by atoms with van der Waals surface area (Å²) in [7, 11) is 1.68. The second-order valence-electron chi connectivity index (χ2n) is 3.68. The summed E-state index contributed by atoms with van der Waals surface area (Å²) in [6.07, 6.45) is 0. The molecule has 2 N–H and O–H groups in total. The molecule has 0 saturated heterocycles. The minimum atomic E-state index is 0.536. The summed E-state index contributed by atoms with van der Waals surface area (Å²) >= 11 is 1.78. The quantitative estimate of drug-likeness (QED) is 0.883. The van der Waals surface area contributed by atoms with Gasteiger partial charge in [-0.15, -0.1) is 11.3 Å². The lowest BCUT2D eigenvalue weighted by atomic mass is 10.1. The Morgan fingerprint density at radius 1 is 1.25 bits per heavy atom. The Morgan fingerprint density at radius 3 is 2.62 bits per heavy atom. The lowest BCUT2D eigenvalue weighted by Crippen LogP contribution is -1.97. The first-order valence-electron chi connectivity index (χ1n) is 5.18. The number of nitrogens with two attached hydrogens (primary N) is 1. The van der Waals surface area contributed by atoms with Crippen molar-refractivity contribution in [2.24, 2.45) is 5.73 Å². The van der Waals surface area contributed by atoms with Gasteiger partial charge >= 0.3 is 0 Å². The predicted molar refractivity (Wildman–Crippen MR) is 68.9 cm³/mol. The van der Waals surface area contributed by atoms with E-state index >= 15 is 0 Å². The van der Waals surface area contributed by atoms with Crippen molar-refractivity contribution < 1.29 is 4.74 Å². The van der Waals surface area contributed by atoms with Crippen molar-refractivity contribution >= 4 is 11.3 Å². The van der Waals surface area contributed by atoms with Crippen molar-refractivity contribution in [1.82, 2.24) is 0 Å². The molecule has 2 aromatic rings. The summed E-state index contributed by atoms with van der Waals surface area (Å²) in [5.41, 5.74) is 7.95. The van der Waals surface area contributed by atoms with Crippen LogP contribution in [0, 0.1) is 6.92 Å². The predicted octanol–water partition coefficient (Wildman–Crippen LogP) is 3.19. The molecule has 0 aliphatic heterocycles. The molecule has 0 saturated carbocycles. The number of methoxy groups -OCH3 is 1. The molecule has 0 radical (unpaired) electrons. The lowest BCUT2D eigenvalue weighted by molar-refractivity contribution is 0.414. The summed E-state index contributed by atoms with van der Waals surface area (Å²) in [5, 5.41) is 0. The van der Waals surface area contributed by atoms with Crippen molar-refractivity contribution in [1.29, 1.82) is 0 Å². The van der Waals surface area contributed by atoms with Crippen LogP contribution in [-0.2, 0) is 6.54 Å². The Labute approximate surface area is 99.7 Å². The molecular weight excluding hydrogens is 218 g/mol. The van der Waals surface area contributed by atoms with Gasteiger partial charge in [-0.05, 0) is 48.4 Å². The molecule has 1 heterocycles. The molecule has 0 aliphatic carbocycles. The Bertz CT molecular complexity index is 468. The molecule has 0 atom stereocenters. The van der Waals surface area contributed by atoms with E-state index in [1.54, 1.807) is 18.4 Å². The van der Waals surface area contributed by atoms with E-state index in [2.05, 4.69) is 25.1 Å². The molecule has 16 heavy (non-hydrogen) atoms. The zero-order valence-electron chi connectivity index (χ0n) is 9.49. The molecule has 0 aliphatic rings. The number of ether oxygens (including phenoxy) is 1. The fourth-order valence-corrected chi connectivity index (χ4v) is 2.48. The first-order valence-corrected chi connectivity index (χ1v) is 5.99. The molecule has 2 rings (SSSR count). The van der Waals surface area contributed by atoms with Crippen molar-refractivity contribution in [3.63, 3.8) is 0 Å². The summed E-state index contributed by atoms with van der Waals surface area (Å²) in [5.74, 6) is 0.865. The van der Waals surface area contributed by atoms with E-state index in [1.807, 2.05) is 12.1 Å². The van der Waals surface area contributed by atoms with Crippen LogP contribution in [0.1, 0.15) is 10.4 Å². The SMILES string of the molecule is COc1cc(CN)cc(-c2ccc(C)s2)c1. The molecule has 0 spiro atoms. The van der Waals surface area contributed by atoms with Gasteiger partial charge in [0.25, 0.3) is 0 Å².